The lowest BCUT2D eigenvalue weighted by atomic mass is 10.3. The molecular weight excluding hydrogens is 368 g/mol. The number of hydrogen-bond donors (Lipinski definition) is 2. The third kappa shape index (κ3) is 7.40. The van der Waals surface area contributed by atoms with Crippen LogP contribution >= 0.6 is 0 Å². The second-order valence-corrected chi connectivity index (χ2v) is 7.18. The number of morpholine rings is 1. The number of anilines is 1. The maximum Gasteiger partial charge on any atom is 0.191 e. The highest BCUT2D eigenvalue weighted by Crippen LogP contribution is 2.08. The van der Waals surface area contributed by atoms with Crippen molar-refractivity contribution in [2.45, 2.75) is 13.0 Å². The molecule has 0 saturated carbocycles. The second-order valence-electron chi connectivity index (χ2n) is 7.18. The van der Waals surface area contributed by atoms with Gasteiger partial charge in [-0.15, -0.1) is 0 Å². The largest absolute Gasteiger partial charge is 0.469 e. The van der Waals surface area contributed by atoms with E-state index in [1.807, 2.05) is 49.3 Å². The van der Waals surface area contributed by atoms with E-state index >= 15 is 0 Å². The molecule has 3 rings (SSSR count). The number of hydrogen-bond acceptors (Lipinski definition) is 6. The first-order valence-electron chi connectivity index (χ1n) is 10.2. The van der Waals surface area contributed by atoms with Crippen LogP contribution in [0.3, 0.4) is 0 Å². The lowest BCUT2D eigenvalue weighted by Gasteiger charge is -2.26. The molecule has 0 radical (unpaired) electrons. The normalized spacial score (nSPS) is 15.3. The number of rotatable bonds is 9. The minimum absolute atomic E-state index is 0.523. The first-order valence-corrected chi connectivity index (χ1v) is 10.2. The zero-order valence-electron chi connectivity index (χ0n) is 17.4. The van der Waals surface area contributed by atoms with E-state index in [9.17, 15) is 0 Å². The van der Waals surface area contributed by atoms with E-state index in [4.69, 9.17) is 14.1 Å². The summed E-state index contributed by atoms with van der Waals surface area (Å²) in [4.78, 5) is 13.8. The second kappa shape index (κ2) is 11.4. The Morgan fingerprint density at radius 1 is 1.14 bits per heavy atom. The van der Waals surface area contributed by atoms with E-state index in [1.165, 1.54) is 0 Å². The molecule has 29 heavy (non-hydrogen) atoms. The van der Waals surface area contributed by atoms with Gasteiger partial charge in [-0.25, -0.2) is 9.98 Å². The molecule has 0 unspecified atom stereocenters. The molecule has 2 aromatic heterocycles. The molecular formula is C21H32N6O2. The van der Waals surface area contributed by atoms with Crippen molar-refractivity contribution in [1.29, 1.82) is 0 Å². The molecule has 1 aliphatic heterocycles. The van der Waals surface area contributed by atoms with Crippen LogP contribution in [0.5, 0.6) is 0 Å². The Balaban J connectivity index is 1.54. The summed E-state index contributed by atoms with van der Waals surface area (Å²) in [6.07, 6.45) is 2.51. The molecule has 0 aliphatic carbocycles. The number of ether oxygens (including phenoxy) is 1. The van der Waals surface area contributed by atoms with E-state index in [0.717, 1.165) is 75.6 Å². The lowest BCUT2D eigenvalue weighted by molar-refractivity contribution is 0.0389. The molecule has 158 valence electrons. The number of furan rings is 1. The minimum atomic E-state index is 0.523. The maximum atomic E-state index is 5.41. The van der Waals surface area contributed by atoms with Crippen LogP contribution in [-0.2, 0) is 17.7 Å². The average molecular weight is 401 g/mol. The van der Waals surface area contributed by atoms with Gasteiger partial charge in [-0.05, 0) is 24.3 Å². The summed E-state index contributed by atoms with van der Waals surface area (Å²) < 4.78 is 10.8. The van der Waals surface area contributed by atoms with Crippen LogP contribution in [0.4, 0.5) is 5.82 Å². The van der Waals surface area contributed by atoms with Crippen LogP contribution in [-0.4, -0.2) is 75.9 Å². The SMILES string of the molecule is CN(C)c1cccc(CN=C(NCCc2ccco2)NCCN2CCOCC2)n1. The summed E-state index contributed by atoms with van der Waals surface area (Å²) in [5, 5.41) is 6.84. The molecule has 3 heterocycles. The number of nitrogens with zero attached hydrogens (tertiary/aromatic N) is 4. The van der Waals surface area contributed by atoms with Gasteiger partial charge < -0.3 is 24.7 Å². The van der Waals surface area contributed by atoms with Gasteiger partial charge in [0.05, 0.1) is 31.7 Å². The third-order valence-electron chi connectivity index (χ3n) is 4.72. The number of aromatic nitrogens is 1. The van der Waals surface area contributed by atoms with E-state index < -0.39 is 0 Å². The maximum absolute atomic E-state index is 5.41. The van der Waals surface area contributed by atoms with E-state index in [1.54, 1.807) is 6.26 Å². The zero-order chi connectivity index (χ0) is 20.3. The molecule has 8 heteroatoms. The molecule has 1 aliphatic rings. The minimum Gasteiger partial charge on any atom is -0.469 e. The van der Waals surface area contributed by atoms with Crippen LogP contribution in [0.15, 0.2) is 46.0 Å². The van der Waals surface area contributed by atoms with Gasteiger partial charge in [-0.3, -0.25) is 4.90 Å². The number of aliphatic imine (C=N–C) groups is 1. The fourth-order valence-corrected chi connectivity index (χ4v) is 3.05. The molecule has 1 saturated heterocycles. The van der Waals surface area contributed by atoms with E-state index in [0.29, 0.717) is 6.54 Å². The Kier molecular flexibility index (Phi) is 8.33. The molecule has 2 aromatic rings. The quantitative estimate of drug-likeness (QED) is 0.486. The highest BCUT2D eigenvalue weighted by atomic mass is 16.5. The first-order chi connectivity index (χ1) is 14.2. The molecule has 0 spiro atoms. The van der Waals surface area contributed by atoms with Crippen LogP contribution in [0.25, 0.3) is 0 Å². The molecule has 0 amide bonds. The van der Waals surface area contributed by atoms with E-state index in [2.05, 4.69) is 20.5 Å². The Labute approximate surface area is 173 Å². The highest BCUT2D eigenvalue weighted by Gasteiger charge is 2.10. The topological polar surface area (TPSA) is 78.2 Å². The van der Waals surface area contributed by atoms with Crippen LogP contribution < -0.4 is 15.5 Å². The molecule has 2 N–H and O–H groups in total. The number of nitrogens with one attached hydrogen (secondary N) is 2. The summed E-state index contributed by atoms with van der Waals surface area (Å²) >= 11 is 0. The zero-order valence-corrected chi connectivity index (χ0v) is 17.4. The van der Waals surface area contributed by atoms with Crippen LogP contribution in [0, 0.1) is 0 Å². The van der Waals surface area contributed by atoms with Gasteiger partial charge in [-0.1, -0.05) is 6.07 Å². The molecule has 8 nitrogen and oxygen atoms in total. The van der Waals surface area contributed by atoms with Crippen molar-refractivity contribution in [2.24, 2.45) is 4.99 Å². The van der Waals surface area contributed by atoms with Gasteiger partial charge in [-0.2, -0.15) is 0 Å². The molecule has 0 aromatic carbocycles. The molecule has 0 atom stereocenters. The predicted octanol–water partition coefficient (Wildman–Crippen LogP) is 1.35. The Morgan fingerprint density at radius 2 is 1.97 bits per heavy atom. The van der Waals surface area contributed by atoms with Crippen LogP contribution in [0.2, 0.25) is 0 Å². The Hall–Kier alpha value is -2.58. The molecule has 1 fully saturated rings. The summed E-state index contributed by atoms with van der Waals surface area (Å²) in [6, 6.07) is 9.92. The van der Waals surface area contributed by atoms with E-state index in [-0.39, 0.29) is 0 Å². The monoisotopic (exact) mass is 400 g/mol. The Morgan fingerprint density at radius 3 is 2.72 bits per heavy atom. The average Bonchev–Trinajstić information content (AvgIpc) is 3.26. The van der Waals surface area contributed by atoms with Gasteiger partial charge in [0.25, 0.3) is 0 Å². The summed E-state index contributed by atoms with van der Waals surface area (Å²) in [5.41, 5.74) is 0.941. The Bertz CT molecular complexity index is 741. The van der Waals surface area contributed by atoms with Crippen molar-refractivity contribution in [1.82, 2.24) is 20.5 Å². The fraction of sp³-hybridized carbons (Fsp3) is 0.524. The van der Waals surface area contributed by atoms with Gasteiger partial charge in [0, 0.05) is 53.2 Å². The van der Waals surface area contributed by atoms with Gasteiger partial charge in [0.15, 0.2) is 5.96 Å². The van der Waals surface area contributed by atoms with Gasteiger partial charge in [0.2, 0.25) is 0 Å². The summed E-state index contributed by atoms with van der Waals surface area (Å²) in [5.74, 6) is 2.69. The van der Waals surface area contributed by atoms with Crippen molar-refractivity contribution in [2.75, 3.05) is 64.9 Å². The van der Waals surface area contributed by atoms with Crippen LogP contribution in [0.1, 0.15) is 11.5 Å². The smallest absolute Gasteiger partial charge is 0.191 e. The summed E-state index contributed by atoms with van der Waals surface area (Å²) in [7, 11) is 3.98. The number of pyridine rings is 1. The highest BCUT2D eigenvalue weighted by molar-refractivity contribution is 5.79. The first kappa shape index (κ1) is 21.1. The summed E-state index contributed by atoms with van der Waals surface area (Å²) in [6.45, 7) is 6.68. The predicted molar refractivity (Wildman–Crippen MR) is 115 cm³/mol. The molecule has 0 bridgehead atoms. The van der Waals surface area contributed by atoms with Crippen molar-refractivity contribution in [3.63, 3.8) is 0 Å². The van der Waals surface area contributed by atoms with Gasteiger partial charge >= 0.3 is 0 Å². The van der Waals surface area contributed by atoms with Crippen molar-refractivity contribution in [3.05, 3.63) is 48.0 Å². The fourth-order valence-electron chi connectivity index (χ4n) is 3.05. The third-order valence-corrected chi connectivity index (χ3v) is 4.72. The van der Waals surface area contributed by atoms with Crippen molar-refractivity contribution in [3.8, 4) is 0 Å². The lowest BCUT2D eigenvalue weighted by Crippen LogP contribution is -2.44. The van der Waals surface area contributed by atoms with Crippen molar-refractivity contribution < 1.29 is 9.15 Å². The number of guanidine groups is 1. The standard InChI is InChI=1S/C21H32N6O2/c1-26(2)20-7-3-5-18(25-20)17-24-21(22-9-8-19-6-4-14-29-19)23-10-11-27-12-15-28-16-13-27/h3-7,14H,8-13,15-17H2,1-2H3,(H2,22,23,24). The van der Waals surface area contributed by atoms with Crippen molar-refractivity contribution >= 4 is 11.8 Å². The van der Waals surface area contributed by atoms with Gasteiger partial charge in [0.1, 0.15) is 11.6 Å².